The Hall–Kier alpha value is -0.620. The second-order valence-corrected chi connectivity index (χ2v) is 11.1. The van der Waals surface area contributed by atoms with Gasteiger partial charge in [0, 0.05) is 19.0 Å². The maximum absolute atomic E-state index is 12.4. The van der Waals surface area contributed by atoms with Crippen molar-refractivity contribution in [3.05, 3.63) is 0 Å². The summed E-state index contributed by atoms with van der Waals surface area (Å²) in [4.78, 5) is 14.9. The minimum Gasteiger partial charge on any atom is -0.356 e. The summed E-state index contributed by atoms with van der Waals surface area (Å²) < 4.78 is 23.1. The lowest BCUT2D eigenvalue weighted by atomic mass is 9.80. The number of carbonyl (C=O) groups is 1. The van der Waals surface area contributed by atoms with Crippen LogP contribution in [0.4, 0.5) is 0 Å². The van der Waals surface area contributed by atoms with Gasteiger partial charge in [0.2, 0.25) is 5.91 Å². The molecule has 1 N–H and O–H groups in total. The highest BCUT2D eigenvalue weighted by molar-refractivity contribution is 7.91. The fraction of sp³-hybridized carbons (Fsp3) is 0.950. The highest BCUT2D eigenvalue weighted by Crippen LogP contribution is 2.30. The van der Waals surface area contributed by atoms with Gasteiger partial charge in [0.1, 0.15) is 0 Å². The normalized spacial score (nSPS) is 34.8. The summed E-state index contributed by atoms with van der Waals surface area (Å²) in [6.07, 6.45) is 8.78. The maximum Gasteiger partial charge on any atom is 0.223 e. The minimum atomic E-state index is -2.75. The van der Waals surface area contributed by atoms with Crippen LogP contribution in [0.3, 0.4) is 0 Å². The number of carbonyl (C=O) groups excluding carboxylic acids is 1. The number of likely N-dealkylation sites (tertiary alicyclic amines) is 1. The van der Waals surface area contributed by atoms with Crippen molar-refractivity contribution in [2.75, 3.05) is 37.7 Å². The van der Waals surface area contributed by atoms with Gasteiger partial charge in [-0.1, -0.05) is 13.3 Å². The zero-order valence-corrected chi connectivity index (χ0v) is 17.1. The summed E-state index contributed by atoms with van der Waals surface area (Å²) in [5, 5.41) is 3.21. The van der Waals surface area contributed by atoms with E-state index < -0.39 is 9.84 Å². The molecule has 0 aromatic heterocycles. The van der Waals surface area contributed by atoms with Gasteiger partial charge in [-0.05, 0) is 75.8 Å². The van der Waals surface area contributed by atoms with Crippen LogP contribution in [0.15, 0.2) is 0 Å². The molecule has 2 atom stereocenters. The molecule has 5 nitrogen and oxygen atoms in total. The quantitative estimate of drug-likeness (QED) is 0.732. The van der Waals surface area contributed by atoms with Crippen molar-refractivity contribution >= 4 is 15.7 Å². The van der Waals surface area contributed by atoms with E-state index in [-0.39, 0.29) is 11.8 Å². The molecule has 1 amide bonds. The predicted octanol–water partition coefficient (Wildman–Crippen LogP) is 2.47. The van der Waals surface area contributed by atoms with Crippen molar-refractivity contribution in [3.63, 3.8) is 0 Å². The van der Waals surface area contributed by atoms with Gasteiger partial charge in [-0.25, -0.2) is 8.42 Å². The van der Waals surface area contributed by atoms with E-state index in [4.69, 9.17) is 0 Å². The molecule has 2 saturated heterocycles. The van der Waals surface area contributed by atoms with Crippen molar-refractivity contribution in [2.24, 2.45) is 23.7 Å². The van der Waals surface area contributed by atoms with Gasteiger partial charge in [0.15, 0.2) is 9.84 Å². The third-order valence-electron chi connectivity index (χ3n) is 6.91. The van der Waals surface area contributed by atoms with Crippen LogP contribution in [-0.2, 0) is 14.6 Å². The van der Waals surface area contributed by atoms with Gasteiger partial charge in [-0.15, -0.1) is 0 Å². The Kier molecular flexibility index (Phi) is 7.00. The van der Waals surface area contributed by atoms with E-state index in [1.165, 1.54) is 19.3 Å². The van der Waals surface area contributed by atoms with Crippen molar-refractivity contribution < 1.29 is 13.2 Å². The molecule has 1 saturated carbocycles. The molecule has 0 aromatic rings. The Morgan fingerprint density at radius 3 is 2.46 bits per heavy atom. The molecule has 0 aromatic carbocycles. The highest BCUT2D eigenvalue weighted by Gasteiger charge is 2.30. The fourth-order valence-electron chi connectivity index (χ4n) is 4.97. The summed E-state index contributed by atoms with van der Waals surface area (Å²) in [6, 6.07) is 0. The van der Waals surface area contributed by atoms with Gasteiger partial charge in [0.25, 0.3) is 0 Å². The summed E-state index contributed by atoms with van der Waals surface area (Å²) in [6.45, 7) is 6.19. The van der Waals surface area contributed by atoms with E-state index in [1.807, 2.05) is 0 Å². The third-order valence-corrected chi connectivity index (χ3v) is 8.75. The number of nitrogens with zero attached hydrogens (tertiary/aromatic N) is 1. The molecule has 2 unspecified atom stereocenters. The first-order valence-corrected chi connectivity index (χ1v) is 12.5. The third kappa shape index (κ3) is 5.69. The first-order chi connectivity index (χ1) is 12.4. The van der Waals surface area contributed by atoms with Crippen molar-refractivity contribution in [3.8, 4) is 0 Å². The van der Waals surface area contributed by atoms with Crippen LogP contribution in [0.1, 0.15) is 58.3 Å². The number of hydrogen-bond acceptors (Lipinski definition) is 4. The summed E-state index contributed by atoms with van der Waals surface area (Å²) in [5.41, 5.74) is 0. The van der Waals surface area contributed by atoms with E-state index in [0.29, 0.717) is 23.3 Å². The molecule has 6 heteroatoms. The van der Waals surface area contributed by atoms with Crippen molar-refractivity contribution in [1.82, 2.24) is 10.2 Å². The van der Waals surface area contributed by atoms with Crippen LogP contribution in [0.2, 0.25) is 0 Å². The van der Waals surface area contributed by atoms with Gasteiger partial charge in [-0.2, -0.15) is 0 Å². The minimum absolute atomic E-state index is 0.236. The topological polar surface area (TPSA) is 66.5 Å². The van der Waals surface area contributed by atoms with E-state index in [2.05, 4.69) is 17.1 Å². The zero-order valence-electron chi connectivity index (χ0n) is 16.3. The van der Waals surface area contributed by atoms with E-state index in [1.54, 1.807) is 0 Å². The first kappa shape index (κ1) is 20.1. The molecular formula is C20H36N2O3S. The Morgan fingerprint density at radius 1 is 1.04 bits per heavy atom. The van der Waals surface area contributed by atoms with Crippen LogP contribution in [0.5, 0.6) is 0 Å². The van der Waals surface area contributed by atoms with Crippen LogP contribution in [0, 0.1) is 23.7 Å². The number of nitrogens with one attached hydrogen (secondary N) is 1. The van der Waals surface area contributed by atoms with Crippen molar-refractivity contribution in [1.29, 1.82) is 0 Å². The van der Waals surface area contributed by atoms with Crippen LogP contribution < -0.4 is 5.32 Å². The number of hydrogen-bond donors (Lipinski definition) is 1. The maximum atomic E-state index is 12.4. The van der Waals surface area contributed by atoms with Crippen LogP contribution in [0.25, 0.3) is 0 Å². The van der Waals surface area contributed by atoms with Crippen LogP contribution in [-0.4, -0.2) is 56.9 Å². The summed E-state index contributed by atoms with van der Waals surface area (Å²) in [7, 11) is -2.75. The Labute approximate surface area is 159 Å². The average molecular weight is 385 g/mol. The second kappa shape index (κ2) is 9.05. The Bertz CT molecular complexity index is 570. The molecule has 2 aliphatic heterocycles. The molecule has 3 rings (SSSR count). The van der Waals surface area contributed by atoms with E-state index in [9.17, 15) is 13.2 Å². The number of amides is 1. The van der Waals surface area contributed by atoms with E-state index >= 15 is 0 Å². The van der Waals surface area contributed by atoms with Crippen LogP contribution >= 0.6 is 0 Å². The fourth-order valence-corrected chi connectivity index (χ4v) is 6.88. The van der Waals surface area contributed by atoms with Gasteiger partial charge in [-0.3, -0.25) is 4.79 Å². The molecule has 0 spiro atoms. The Balaban J connectivity index is 1.30. The molecular weight excluding hydrogens is 348 g/mol. The average Bonchev–Trinajstić information content (AvgIpc) is 3.23. The lowest BCUT2D eigenvalue weighted by Crippen LogP contribution is -2.37. The molecule has 0 bridgehead atoms. The smallest absolute Gasteiger partial charge is 0.223 e. The van der Waals surface area contributed by atoms with Gasteiger partial charge in [0.05, 0.1) is 11.5 Å². The molecule has 150 valence electrons. The molecule has 2 heterocycles. The number of sulfone groups is 1. The lowest BCUT2D eigenvalue weighted by Gasteiger charge is -2.27. The van der Waals surface area contributed by atoms with E-state index in [0.717, 1.165) is 64.2 Å². The van der Waals surface area contributed by atoms with Gasteiger partial charge >= 0.3 is 0 Å². The summed E-state index contributed by atoms with van der Waals surface area (Å²) >= 11 is 0. The zero-order chi connectivity index (χ0) is 18.6. The highest BCUT2D eigenvalue weighted by atomic mass is 32.2. The second-order valence-electron chi connectivity index (χ2n) is 8.88. The SMILES string of the molecule is CCC1CCC(C(=O)NCC2CCN(CCC3CCS(=O)(=O)C3)C2)CC1. The van der Waals surface area contributed by atoms with Crippen molar-refractivity contribution in [2.45, 2.75) is 58.3 Å². The monoisotopic (exact) mass is 384 g/mol. The largest absolute Gasteiger partial charge is 0.356 e. The van der Waals surface area contributed by atoms with Gasteiger partial charge < -0.3 is 10.2 Å². The lowest BCUT2D eigenvalue weighted by molar-refractivity contribution is -0.126. The molecule has 3 aliphatic rings. The molecule has 0 radical (unpaired) electrons. The molecule has 3 fully saturated rings. The Morgan fingerprint density at radius 2 is 1.81 bits per heavy atom. The number of rotatable bonds is 7. The first-order valence-electron chi connectivity index (χ1n) is 10.7. The molecule has 26 heavy (non-hydrogen) atoms. The predicted molar refractivity (Wildman–Crippen MR) is 105 cm³/mol. The summed E-state index contributed by atoms with van der Waals surface area (Å²) in [5.74, 6) is 3.02. The molecule has 1 aliphatic carbocycles. The standard InChI is InChI=1S/C20H36N2O3S/c1-2-16-3-5-19(6-4-16)20(23)21-13-18-8-11-22(14-18)10-7-17-9-12-26(24,25)15-17/h16-19H,2-15H2,1H3,(H,21,23).